The van der Waals surface area contributed by atoms with Crippen LogP contribution in [0.3, 0.4) is 0 Å². The van der Waals surface area contributed by atoms with Gasteiger partial charge in [-0.05, 0) is 30.5 Å². The van der Waals surface area contributed by atoms with Gasteiger partial charge in [0.15, 0.2) is 0 Å². The topological polar surface area (TPSA) is 84.2 Å². The second-order valence-electron chi connectivity index (χ2n) is 5.75. The summed E-state index contributed by atoms with van der Waals surface area (Å²) in [6, 6.07) is 6.71. The van der Waals surface area contributed by atoms with Gasteiger partial charge in [0.25, 0.3) is 0 Å². The zero-order valence-electron chi connectivity index (χ0n) is 14.0. The lowest BCUT2D eigenvalue weighted by Crippen LogP contribution is -2.53. The second-order valence-corrected chi connectivity index (χ2v) is 6.18. The molecule has 0 fully saturated rings. The summed E-state index contributed by atoms with van der Waals surface area (Å²) in [5.74, 6) is -0.318. The number of nitrogens with one attached hydrogen (secondary N) is 2. The molecule has 0 saturated carbocycles. The highest BCUT2D eigenvalue weighted by atomic mass is 35.5. The molecule has 1 atom stereocenters. The van der Waals surface area contributed by atoms with Crippen molar-refractivity contribution in [1.82, 2.24) is 10.6 Å². The van der Waals surface area contributed by atoms with Crippen molar-refractivity contribution < 1.29 is 9.59 Å². The van der Waals surface area contributed by atoms with Gasteiger partial charge >= 0.3 is 0 Å². The Morgan fingerprint density at radius 1 is 1.22 bits per heavy atom. The molecule has 4 N–H and O–H groups in total. The molecule has 1 unspecified atom stereocenters. The molecule has 128 valence electrons. The molecule has 1 aromatic rings. The van der Waals surface area contributed by atoms with Crippen LogP contribution in [-0.4, -0.2) is 23.9 Å². The van der Waals surface area contributed by atoms with E-state index in [9.17, 15) is 9.59 Å². The summed E-state index contributed by atoms with van der Waals surface area (Å²) in [6.07, 6.45) is 1.68. The Balaban J connectivity index is 2.86. The van der Waals surface area contributed by atoms with E-state index in [1.165, 1.54) is 6.92 Å². The first kappa shape index (κ1) is 19.5. The van der Waals surface area contributed by atoms with Crippen LogP contribution in [0.4, 0.5) is 0 Å². The van der Waals surface area contributed by atoms with Crippen LogP contribution in [0.1, 0.15) is 51.6 Å². The maximum Gasteiger partial charge on any atom is 0.222 e. The molecule has 1 rings (SSSR count). The van der Waals surface area contributed by atoms with Crippen LogP contribution in [0.5, 0.6) is 0 Å². The van der Waals surface area contributed by atoms with Crippen LogP contribution < -0.4 is 16.4 Å². The number of hydrogen-bond acceptors (Lipinski definition) is 3. The van der Waals surface area contributed by atoms with Gasteiger partial charge in [0, 0.05) is 18.5 Å². The molecule has 23 heavy (non-hydrogen) atoms. The van der Waals surface area contributed by atoms with E-state index in [1.54, 1.807) is 12.1 Å². The Bertz CT molecular complexity index is 519. The van der Waals surface area contributed by atoms with Crippen LogP contribution in [-0.2, 0) is 9.59 Å². The minimum Gasteiger partial charge on any atom is -0.349 e. The maximum absolute atomic E-state index is 12.4. The zero-order chi connectivity index (χ0) is 17.5. The van der Waals surface area contributed by atoms with E-state index in [0.29, 0.717) is 11.6 Å². The third-order valence-electron chi connectivity index (χ3n) is 4.19. The summed E-state index contributed by atoms with van der Waals surface area (Å²) in [6.45, 7) is 5.82. The number of carbonyl (C=O) groups excluding carboxylic acids is 2. The van der Waals surface area contributed by atoms with E-state index >= 15 is 0 Å². The Hall–Kier alpha value is -1.59. The molecule has 0 aliphatic rings. The van der Waals surface area contributed by atoms with Crippen LogP contribution in [0.25, 0.3) is 0 Å². The van der Waals surface area contributed by atoms with E-state index < -0.39 is 11.6 Å². The normalized spacial score (nSPS) is 12.6. The quantitative estimate of drug-likeness (QED) is 0.680. The van der Waals surface area contributed by atoms with E-state index in [2.05, 4.69) is 10.6 Å². The Labute approximate surface area is 143 Å². The number of carbonyl (C=O) groups is 2. The molecule has 1 aromatic carbocycles. The van der Waals surface area contributed by atoms with Crippen molar-refractivity contribution in [3.63, 3.8) is 0 Å². The third-order valence-corrected chi connectivity index (χ3v) is 4.44. The first-order chi connectivity index (χ1) is 10.9. The predicted molar refractivity (Wildman–Crippen MR) is 93.1 cm³/mol. The van der Waals surface area contributed by atoms with E-state index in [4.69, 9.17) is 17.3 Å². The van der Waals surface area contributed by atoms with Gasteiger partial charge in [-0.2, -0.15) is 0 Å². The summed E-state index contributed by atoms with van der Waals surface area (Å²) in [4.78, 5) is 23.9. The van der Waals surface area contributed by atoms with E-state index in [1.807, 2.05) is 26.0 Å². The highest BCUT2D eigenvalue weighted by Gasteiger charge is 2.27. The standard InChI is InChI=1S/C17H26ClN3O2/c1-4-17(5-2,11-19)21-16(23)10-15(20-12(3)22)13-6-8-14(18)9-7-13/h6-9,15H,4-5,10-11,19H2,1-3H3,(H,20,22)(H,21,23). The first-order valence-electron chi connectivity index (χ1n) is 7.89. The smallest absolute Gasteiger partial charge is 0.222 e. The largest absolute Gasteiger partial charge is 0.349 e. The molecular formula is C17H26ClN3O2. The highest BCUT2D eigenvalue weighted by molar-refractivity contribution is 6.30. The molecule has 0 saturated heterocycles. The zero-order valence-corrected chi connectivity index (χ0v) is 14.7. The van der Waals surface area contributed by atoms with Crippen LogP contribution in [0, 0.1) is 0 Å². The molecule has 0 aliphatic heterocycles. The maximum atomic E-state index is 12.4. The second kappa shape index (κ2) is 8.89. The fourth-order valence-corrected chi connectivity index (χ4v) is 2.62. The molecule has 0 radical (unpaired) electrons. The van der Waals surface area contributed by atoms with Crippen molar-refractivity contribution in [2.45, 2.75) is 51.6 Å². The Morgan fingerprint density at radius 3 is 2.22 bits per heavy atom. The van der Waals surface area contributed by atoms with Gasteiger partial charge in [0.05, 0.1) is 18.0 Å². The summed E-state index contributed by atoms with van der Waals surface area (Å²) < 4.78 is 0. The summed E-state index contributed by atoms with van der Waals surface area (Å²) >= 11 is 5.89. The average Bonchev–Trinajstić information content (AvgIpc) is 2.52. The molecule has 0 aromatic heterocycles. The summed E-state index contributed by atoms with van der Waals surface area (Å²) in [5, 5.41) is 6.45. The van der Waals surface area contributed by atoms with Crippen molar-refractivity contribution in [2.75, 3.05) is 6.54 Å². The van der Waals surface area contributed by atoms with Crippen molar-refractivity contribution >= 4 is 23.4 Å². The van der Waals surface area contributed by atoms with Crippen molar-refractivity contribution in [3.05, 3.63) is 34.9 Å². The van der Waals surface area contributed by atoms with Crippen LogP contribution in [0.2, 0.25) is 5.02 Å². The van der Waals surface area contributed by atoms with Gasteiger partial charge in [-0.25, -0.2) is 0 Å². The lowest BCUT2D eigenvalue weighted by molar-refractivity contribution is -0.124. The number of rotatable bonds is 8. The minimum absolute atomic E-state index is 0.132. The molecule has 0 spiro atoms. The number of nitrogens with two attached hydrogens (primary N) is 1. The van der Waals surface area contributed by atoms with E-state index in [0.717, 1.165) is 18.4 Å². The molecule has 0 bridgehead atoms. The number of benzene rings is 1. The lowest BCUT2D eigenvalue weighted by Gasteiger charge is -2.32. The Morgan fingerprint density at radius 2 is 1.78 bits per heavy atom. The van der Waals surface area contributed by atoms with Crippen molar-refractivity contribution in [3.8, 4) is 0 Å². The van der Waals surface area contributed by atoms with Crippen molar-refractivity contribution in [2.24, 2.45) is 5.73 Å². The minimum atomic E-state index is -0.394. The number of amides is 2. The first-order valence-corrected chi connectivity index (χ1v) is 8.27. The van der Waals surface area contributed by atoms with Gasteiger partial charge in [-0.3, -0.25) is 9.59 Å². The van der Waals surface area contributed by atoms with Crippen LogP contribution >= 0.6 is 11.6 Å². The molecule has 0 heterocycles. The van der Waals surface area contributed by atoms with Gasteiger partial charge in [0.2, 0.25) is 11.8 Å². The highest BCUT2D eigenvalue weighted by Crippen LogP contribution is 2.21. The lowest BCUT2D eigenvalue weighted by atomic mass is 9.92. The number of halogens is 1. The van der Waals surface area contributed by atoms with Gasteiger partial charge in [-0.1, -0.05) is 37.6 Å². The Kier molecular flexibility index (Phi) is 7.52. The van der Waals surface area contributed by atoms with Crippen molar-refractivity contribution in [1.29, 1.82) is 0 Å². The number of hydrogen-bond donors (Lipinski definition) is 3. The SMILES string of the molecule is CCC(CC)(CN)NC(=O)CC(NC(C)=O)c1ccc(Cl)cc1. The average molecular weight is 340 g/mol. The van der Waals surface area contributed by atoms with Gasteiger partial charge in [-0.15, -0.1) is 0 Å². The van der Waals surface area contributed by atoms with E-state index in [-0.39, 0.29) is 18.2 Å². The van der Waals surface area contributed by atoms with Gasteiger partial charge < -0.3 is 16.4 Å². The third kappa shape index (κ3) is 5.84. The molecule has 0 aliphatic carbocycles. The fourth-order valence-electron chi connectivity index (χ4n) is 2.49. The predicted octanol–water partition coefficient (Wildman–Crippen LogP) is 2.54. The summed E-state index contributed by atoms with van der Waals surface area (Å²) in [7, 11) is 0. The van der Waals surface area contributed by atoms with Gasteiger partial charge in [0.1, 0.15) is 0 Å². The fraction of sp³-hybridized carbons (Fsp3) is 0.529. The van der Waals surface area contributed by atoms with Crippen LogP contribution in [0.15, 0.2) is 24.3 Å². The molecular weight excluding hydrogens is 314 g/mol. The molecule has 5 nitrogen and oxygen atoms in total. The summed E-state index contributed by atoms with van der Waals surface area (Å²) in [5.41, 5.74) is 6.27. The molecule has 2 amide bonds. The monoisotopic (exact) mass is 339 g/mol. The molecule has 6 heteroatoms.